The summed E-state index contributed by atoms with van der Waals surface area (Å²) in [4.78, 5) is 8.41. The molecule has 0 bridgehead atoms. The summed E-state index contributed by atoms with van der Waals surface area (Å²) in [5.74, 6) is 1.56. The zero-order valence-corrected chi connectivity index (χ0v) is 8.31. The molecule has 0 aliphatic carbocycles. The second-order valence-electron chi connectivity index (χ2n) is 3.07. The zero-order valence-electron chi connectivity index (χ0n) is 8.31. The maximum Gasteiger partial charge on any atom is 0.161 e. The maximum atomic E-state index is 9.33. The second kappa shape index (κ2) is 3.96. The molecule has 0 saturated carbocycles. The predicted molar refractivity (Wildman–Crippen MR) is 58.7 cm³/mol. The number of anilines is 1. The standard InChI is InChI=1S/C11H11N3O/c1-12-10-5-6-13-11(14-10)8-3-2-4-9(15)7-8/h2-7,15H,1H3,(H,12,13,14). The van der Waals surface area contributed by atoms with Gasteiger partial charge in [-0.15, -0.1) is 0 Å². The Hall–Kier alpha value is -2.10. The van der Waals surface area contributed by atoms with Gasteiger partial charge in [-0.25, -0.2) is 9.97 Å². The van der Waals surface area contributed by atoms with Gasteiger partial charge in [0.25, 0.3) is 0 Å². The molecule has 1 aromatic heterocycles. The van der Waals surface area contributed by atoms with Crippen LogP contribution in [-0.2, 0) is 0 Å². The van der Waals surface area contributed by atoms with Gasteiger partial charge in [-0.3, -0.25) is 0 Å². The Morgan fingerprint density at radius 1 is 1.27 bits per heavy atom. The fourth-order valence-electron chi connectivity index (χ4n) is 1.28. The van der Waals surface area contributed by atoms with E-state index in [1.54, 1.807) is 37.5 Å². The van der Waals surface area contributed by atoms with E-state index in [1.807, 2.05) is 6.07 Å². The number of phenols is 1. The molecule has 15 heavy (non-hydrogen) atoms. The highest BCUT2D eigenvalue weighted by Gasteiger charge is 2.02. The summed E-state index contributed by atoms with van der Waals surface area (Å²) in [6.07, 6.45) is 1.68. The summed E-state index contributed by atoms with van der Waals surface area (Å²) in [5.41, 5.74) is 0.798. The summed E-state index contributed by atoms with van der Waals surface area (Å²) >= 11 is 0. The summed E-state index contributed by atoms with van der Waals surface area (Å²) < 4.78 is 0. The Morgan fingerprint density at radius 2 is 2.13 bits per heavy atom. The van der Waals surface area contributed by atoms with E-state index in [0.29, 0.717) is 5.82 Å². The molecular formula is C11H11N3O. The molecule has 0 fully saturated rings. The Kier molecular flexibility index (Phi) is 2.49. The van der Waals surface area contributed by atoms with Crippen LogP contribution in [0.1, 0.15) is 0 Å². The molecule has 0 unspecified atom stereocenters. The Morgan fingerprint density at radius 3 is 2.87 bits per heavy atom. The number of phenolic OH excluding ortho intramolecular Hbond substituents is 1. The van der Waals surface area contributed by atoms with Crippen LogP contribution in [0.5, 0.6) is 5.75 Å². The smallest absolute Gasteiger partial charge is 0.161 e. The number of rotatable bonds is 2. The van der Waals surface area contributed by atoms with Crippen LogP contribution in [0.4, 0.5) is 5.82 Å². The number of aromatic hydroxyl groups is 1. The molecule has 0 aliphatic rings. The van der Waals surface area contributed by atoms with Gasteiger partial charge in [0.15, 0.2) is 5.82 Å². The maximum absolute atomic E-state index is 9.33. The molecule has 0 spiro atoms. The molecule has 0 atom stereocenters. The normalized spacial score (nSPS) is 9.93. The lowest BCUT2D eigenvalue weighted by Gasteiger charge is -2.03. The van der Waals surface area contributed by atoms with Crippen molar-refractivity contribution in [1.82, 2.24) is 9.97 Å². The number of aromatic nitrogens is 2. The van der Waals surface area contributed by atoms with Crippen LogP contribution in [0, 0.1) is 0 Å². The van der Waals surface area contributed by atoms with Crippen molar-refractivity contribution < 1.29 is 5.11 Å². The number of nitrogens with one attached hydrogen (secondary N) is 1. The highest BCUT2D eigenvalue weighted by atomic mass is 16.3. The molecule has 2 aromatic rings. The second-order valence-corrected chi connectivity index (χ2v) is 3.07. The van der Waals surface area contributed by atoms with Gasteiger partial charge in [0, 0.05) is 18.8 Å². The molecule has 0 amide bonds. The van der Waals surface area contributed by atoms with Crippen LogP contribution in [0.2, 0.25) is 0 Å². The lowest BCUT2D eigenvalue weighted by molar-refractivity contribution is 0.475. The van der Waals surface area contributed by atoms with Crippen LogP contribution in [0.3, 0.4) is 0 Å². The van der Waals surface area contributed by atoms with Crippen LogP contribution >= 0.6 is 0 Å². The number of nitrogens with zero attached hydrogens (tertiary/aromatic N) is 2. The van der Waals surface area contributed by atoms with E-state index in [9.17, 15) is 5.11 Å². The topological polar surface area (TPSA) is 58.0 Å². The van der Waals surface area contributed by atoms with Gasteiger partial charge in [-0.05, 0) is 18.2 Å². The molecule has 76 valence electrons. The molecule has 0 saturated heterocycles. The van der Waals surface area contributed by atoms with Gasteiger partial charge < -0.3 is 10.4 Å². The quantitative estimate of drug-likeness (QED) is 0.779. The average Bonchev–Trinajstić information content (AvgIpc) is 2.29. The van der Waals surface area contributed by atoms with Crippen LogP contribution < -0.4 is 5.32 Å². The van der Waals surface area contributed by atoms with Crippen molar-refractivity contribution in [3.8, 4) is 17.1 Å². The van der Waals surface area contributed by atoms with Crippen LogP contribution in [0.15, 0.2) is 36.5 Å². The highest BCUT2D eigenvalue weighted by Crippen LogP contribution is 2.20. The molecule has 4 nitrogen and oxygen atoms in total. The summed E-state index contributed by atoms with van der Waals surface area (Å²) in [7, 11) is 1.80. The molecule has 1 aromatic carbocycles. The molecular weight excluding hydrogens is 190 g/mol. The van der Waals surface area contributed by atoms with E-state index in [1.165, 1.54) is 0 Å². The van der Waals surface area contributed by atoms with Crippen LogP contribution in [0.25, 0.3) is 11.4 Å². The molecule has 1 heterocycles. The summed E-state index contributed by atoms with van der Waals surface area (Å²) in [6, 6.07) is 8.65. The fraction of sp³-hybridized carbons (Fsp3) is 0.0909. The van der Waals surface area contributed by atoms with Crippen LogP contribution in [-0.4, -0.2) is 22.1 Å². The monoisotopic (exact) mass is 201 g/mol. The van der Waals surface area contributed by atoms with Crippen molar-refractivity contribution in [3.63, 3.8) is 0 Å². The van der Waals surface area contributed by atoms with Crippen molar-refractivity contribution in [3.05, 3.63) is 36.5 Å². The minimum absolute atomic E-state index is 0.214. The fourth-order valence-corrected chi connectivity index (χ4v) is 1.28. The predicted octanol–water partition coefficient (Wildman–Crippen LogP) is 1.89. The van der Waals surface area contributed by atoms with E-state index in [4.69, 9.17) is 0 Å². The van der Waals surface area contributed by atoms with Gasteiger partial charge in [0.2, 0.25) is 0 Å². The third kappa shape index (κ3) is 2.04. The first-order valence-corrected chi connectivity index (χ1v) is 4.60. The van der Waals surface area contributed by atoms with Crippen molar-refractivity contribution in [2.45, 2.75) is 0 Å². The molecule has 0 radical (unpaired) electrons. The first-order valence-electron chi connectivity index (χ1n) is 4.60. The molecule has 0 aliphatic heterocycles. The molecule has 4 heteroatoms. The van der Waals surface area contributed by atoms with Crippen molar-refractivity contribution in [1.29, 1.82) is 0 Å². The largest absolute Gasteiger partial charge is 0.508 e. The number of benzene rings is 1. The first kappa shape index (κ1) is 9.45. The average molecular weight is 201 g/mol. The lowest BCUT2D eigenvalue weighted by Crippen LogP contribution is -1.95. The van der Waals surface area contributed by atoms with E-state index >= 15 is 0 Å². The first-order chi connectivity index (χ1) is 7.29. The Bertz CT molecular complexity index is 471. The SMILES string of the molecule is CNc1ccnc(-c2cccc(O)c2)n1. The number of hydrogen-bond acceptors (Lipinski definition) is 4. The van der Waals surface area contributed by atoms with E-state index in [-0.39, 0.29) is 5.75 Å². The highest BCUT2D eigenvalue weighted by molar-refractivity contribution is 5.58. The van der Waals surface area contributed by atoms with Gasteiger partial charge in [0.05, 0.1) is 0 Å². The third-order valence-electron chi connectivity index (χ3n) is 2.02. The Labute approximate surface area is 87.6 Å². The van der Waals surface area contributed by atoms with E-state index in [0.717, 1.165) is 11.4 Å². The van der Waals surface area contributed by atoms with E-state index < -0.39 is 0 Å². The van der Waals surface area contributed by atoms with Crippen molar-refractivity contribution >= 4 is 5.82 Å². The molecule has 2 rings (SSSR count). The molecule has 2 N–H and O–H groups in total. The Balaban J connectivity index is 2.44. The minimum Gasteiger partial charge on any atom is -0.508 e. The summed E-state index contributed by atoms with van der Waals surface area (Å²) in [5, 5.41) is 12.3. The third-order valence-corrected chi connectivity index (χ3v) is 2.02. The minimum atomic E-state index is 0.214. The van der Waals surface area contributed by atoms with Gasteiger partial charge >= 0.3 is 0 Å². The lowest BCUT2D eigenvalue weighted by atomic mass is 10.2. The van der Waals surface area contributed by atoms with Gasteiger partial charge in [-0.2, -0.15) is 0 Å². The number of hydrogen-bond donors (Lipinski definition) is 2. The van der Waals surface area contributed by atoms with Crippen molar-refractivity contribution in [2.75, 3.05) is 12.4 Å². The zero-order chi connectivity index (χ0) is 10.7. The van der Waals surface area contributed by atoms with E-state index in [2.05, 4.69) is 15.3 Å². The van der Waals surface area contributed by atoms with Gasteiger partial charge in [-0.1, -0.05) is 12.1 Å². The summed E-state index contributed by atoms with van der Waals surface area (Å²) in [6.45, 7) is 0. The van der Waals surface area contributed by atoms with Gasteiger partial charge in [0.1, 0.15) is 11.6 Å². The van der Waals surface area contributed by atoms with Crippen molar-refractivity contribution in [2.24, 2.45) is 0 Å².